The molecule has 52 valence electrons. The molecular formula is C5H9NO3. The third kappa shape index (κ3) is 2.01. The Morgan fingerprint density at radius 2 is 2.56 bits per heavy atom. The molecule has 4 heteroatoms. The van der Waals surface area contributed by atoms with Gasteiger partial charge in [-0.25, -0.2) is 9.95 Å². The summed E-state index contributed by atoms with van der Waals surface area (Å²) in [6.45, 7) is 0.978. The van der Waals surface area contributed by atoms with Crippen molar-refractivity contribution >= 4 is 0 Å². The quantitative estimate of drug-likeness (QED) is 0.521. The Bertz CT molecular complexity index is 104. The zero-order valence-electron chi connectivity index (χ0n) is 4.99. The maximum atomic E-state index is 8.41. The summed E-state index contributed by atoms with van der Waals surface area (Å²) >= 11 is 0. The number of hydrogen-bond acceptors (Lipinski definition) is 4. The van der Waals surface area contributed by atoms with Crippen LogP contribution < -0.4 is 0 Å². The molecule has 1 N–H and O–H groups in total. The van der Waals surface area contributed by atoms with Gasteiger partial charge >= 0.3 is 0 Å². The molecule has 0 saturated heterocycles. The van der Waals surface area contributed by atoms with Crippen LogP contribution in [0.25, 0.3) is 0 Å². The molecule has 0 saturated carbocycles. The highest BCUT2D eigenvalue weighted by molar-refractivity contribution is 4.79. The van der Waals surface area contributed by atoms with E-state index in [0.717, 1.165) is 0 Å². The number of hydrogen-bond donors (Lipinski definition) is 1. The van der Waals surface area contributed by atoms with Crippen LogP contribution in [0.3, 0.4) is 0 Å². The second kappa shape index (κ2) is 3.45. The third-order valence-electron chi connectivity index (χ3n) is 0.905. The molecule has 1 aliphatic heterocycles. The van der Waals surface area contributed by atoms with E-state index in [2.05, 4.69) is 9.88 Å². The van der Waals surface area contributed by atoms with E-state index in [1.54, 1.807) is 12.3 Å². The third-order valence-corrected chi connectivity index (χ3v) is 0.905. The Kier molecular flexibility index (Phi) is 2.50. The molecule has 0 spiro atoms. The summed E-state index contributed by atoms with van der Waals surface area (Å²) < 4.78 is 0. The molecule has 0 amide bonds. The predicted octanol–water partition coefficient (Wildman–Crippen LogP) is -0.329. The number of nitrogens with zero attached hydrogens (tertiary/aromatic N) is 1. The largest absolute Gasteiger partial charge is 0.394 e. The summed E-state index contributed by atoms with van der Waals surface area (Å²) in [6.07, 6.45) is 3.53. The van der Waals surface area contributed by atoms with Crippen LogP contribution in [0.15, 0.2) is 12.3 Å². The zero-order valence-corrected chi connectivity index (χ0v) is 4.99. The van der Waals surface area contributed by atoms with Gasteiger partial charge in [-0.05, 0) is 6.08 Å². The van der Waals surface area contributed by atoms with Crippen molar-refractivity contribution < 1.29 is 15.0 Å². The lowest BCUT2D eigenvalue weighted by atomic mass is 10.6. The SMILES string of the molecule is OCCN1C=CCOO1. The molecule has 4 nitrogen and oxygen atoms in total. The molecule has 0 aromatic carbocycles. The molecule has 0 fully saturated rings. The van der Waals surface area contributed by atoms with E-state index in [9.17, 15) is 0 Å². The van der Waals surface area contributed by atoms with Crippen LogP contribution in [0, 0.1) is 0 Å². The first-order chi connectivity index (χ1) is 4.43. The number of β-amino-alcohol motifs (C(OH)–C–C–N with tert-alkyl or cyclic N) is 1. The fourth-order valence-corrected chi connectivity index (χ4v) is 0.533. The number of aliphatic hydroxyl groups is 1. The highest BCUT2D eigenvalue weighted by atomic mass is 17.3. The van der Waals surface area contributed by atoms with E-state index in [1.807, 2.05) is 0 Å². The zero-order chi connectivity index (χ0) is 6.53. The molecular weight excluding hydrogens is 122 g/mol. The Hall–Kier alpha value is -0.580. The Labute approximate surface area is 53.2 Å². The van der Waals surface area contributed by atoms with Crippen LogP contribution in [0.2, 0.25) is 0 Å². The van der Waals surface area contributed by atoms with Crippen molar-refractivity contribution in [3.8, 4) is 0 Å². The second-order valence-corrected chi connectivity index (χ2v) is 1.61. The highest BCUT2D eigenvalue weighted by Crippen LogP contribution is 1.98. The lowest BCUT2D eigenvalue weighted by molar-refractivity contribution is -0.413. The molecule has 1 aliphatic rings. The van der Waals surface area contributed by atoms with Crippen molar-refractivity contribution in [1.82, 2.24) is 5.06 Å². The summed E-state index contributed by atoms with van der Waals surface area (Å²) in [5.74, 6) is 0. The minimum absolute atomic E-state index is 0.0632. The molecule has 1 heterocycles. The molecule has 1 rings (SSSR count). The van der Waals surface area contributed by atoms with Crippen LogP contribution in [0.1, 0.15) is 0 Å². The van der Waals surface area contributed by atoms with Gasteiger partial charge in [0.15, 0.2) is 0 Å². The summed E-state index contributed by atoms with van der Waals surface area (Å²) in [7, 11) is 0. The first-order valence-corrected chi connectivity index (χ1v) is 2.77. The van der Waals surface area contributed by atoms with Gasteiger partial charge in [0.1, 0.15) is 6.61 Å². The first kappa shape index (κ1) is 6.54. The second-order valence-electron chi connectivity index (χ2n) is 1.61. The molecule has 9 heavy (non-hydrogen) atoms. The van der Waals surface area contributed by atoms with Gasteiger partial charge in [0.2, 0.25) is 0 Å². The van der Waals surface area contributed by atoms with Crippen molar-refractivity contribution in [2.45, 2.75) is 0 Å². The van der Waals surface area contributed by atoms with Gasteiger partial charge in [-0.3, -0.25) is 0 Å². The first-order valence-electron chi connectivity index (χ1n) is 2.77. The number of rotatable bonds is 2. The van der Waals surface area contributed by atoms with Crippen molar-refractivity contribution in [3.63, 3.8) is 0 Å². The average molecular weight is 131 g/mol. The molecule has 0 aromatic heterocycles. The van der Waals surface area contributed by atoms with E-state index in [1.165, 1.54) is 5.06 Å². The van der Waals surface area contributed by atoms with Crippen molar-refractivity contribution in [2.75, 3.05) is 19.8 Å². The van der Waals surface area contributed by atoms with E-state index in [-0.39, 0.29) is 6.61 Å². The summed E-state index contributed by atoms with van der Waals surface area (Å²) in [6, 6.07) is 0. The maximum absolute atomic E-state index is 8.41. The normalized spacial score (nSPS) is 18.6. The number of aliphatic hydroxyl groups excluding tert-OH is 1. The van der Waals surface area contributed by atoms with Crippen LogP contribution in [-0.4, -0.2) is 29.9 Å². The highest BCUT2D eigenvalue weighted by Gasteiger charge is 2.01. The lowest BCUT2D eigenvalue weighted by Gasteiger charge is -2.18. The van der Waals surface area contributed by atoms with E-state index < -0.39 is 0 Å². The van der Waals surface area contributed by atoms with Crippen molar-refractivity contribution in [3.05, 3.63) is 12.3 Å². The Morgan fingerprint density at radius 1 is 1.67 bits per heavy atom. The molecule has 0 bridgehead atoms. The molecule has 0 aromatic rings. The van der Waals surface area contributed by atoms with E-state index in [0.29, 0.717) is 13.2 Å². The van der Waals surface area contributed by atoms with Crippen LogP contribution in [-0.2, 0) is 9.88 Å². The predicted molar refractivity (Wildman–Crippen MR) is 30.0 cm³/mol. The lowest BCUT2D eigenvalue weighted by Crippen LogP contribution is -2.24. The minimum atomic E-state index is 0.0632. The van der Waals surface area contributed by atoms with E-state index >= 15 is 0 Å². The van der Waals surface area contributed by atoms with Crippen LogP contribution >= 0.6 is 0 Å². The standard InChI is InChI=1S/C5H9NO3/c7-4-3-6-2-1-5-8-9-6/h1-2,7H,3-5H2. The Morgan fingerprint density at radius 3 is 3.11 bits per heavy atom. The summed E-state index contributed by atoms with van der Waals surface area (Å²) in [5, 5.41) is 9.83. The van der Waals surface area contributed by atoms with Gasteiger partial charge in [0.05, 0.1) is 13.2 Å². The average Bonchev–Trinajstić information content (AvgIpc) is 1.91. The monoisotopic (exact) mass is 131 g/mol. The molecule has 0 aliphatic carbocycles. The minimum Gasteiger partial charge on any atom is -0.394 e. The number of hydroxylamine groups is 2. The Balaban J connectivity index is 2.23. The van der Waals surface area contributed by atoms with Gasteiger partial charge < -0.3 is 5.11 Å². The van der Waals surface area contributed by atoms with Gasteiger partial charge in [-0.2, -0.15) is 0 Å². The molecule has 0 unspecified atom stereocenters. The smallest absolute Gasteiger partial charge is 0.105 e. The van der Waals surface area contributed by atoms with E-state index in [4.69, 9.17) is 5.11 Å². The summed E-state index contributed by atoms with van der Waals surface area (Å²) in [4.78, 5) is 9.17. The fourth-order valence-electron chi connectivity index (χ4n) is 0.533. The van der Waals surface area contributed by atoms with Crippen LogP contribution in [0.4, 0.5) is 0 Å². The molecule has 0 radical (unpaired) electrons. The van der Waals surface area contributed by atoms with Gasteiger partial charge in [-0.15, -0.1) is 4.99 Å². The maximum Gasteiger partial charge on any atom is 0.105 e. The summed E-state index contributed by atoms with van der Waals surface area (Å²) in [5.41, 5.74) is 0. The topological polar surface area (TPSA) is 41.9 Å². The molecule has 0 atom stereocenters. The van der Waals surface area contributed by atoms with Crippen molar-refractivity contribution in [2.24, 2.45) is 0 Å². The van der Waals surface area contributed by atoms with Gasteiger partial charge in [0, 0.05) is 6.20 Å². The van der Waals surface area contributed by atoms with Crippen molar-refractivity contribution in [1.29, 1.82) is 0 Å². The van der Waals surface area contributed by atoms with Gasteiger partial charge in [0.25, 0.3) is 0 Å². The van der Waals surface area contributed by atoms with Crippen LogP contribution in [0.5, 0.6) is 0 Å². The fraction of sp³-hybridized carbons (Fsp3) is 0.600. The van der Waals surface area contributed by atoms with Gasteiger partial charge in [-0.1, -0.05) is 0 Å².